The van der Waals surface area contributed by atoms with Crippen LogP contribution in [0.3, 0.4) is 0 Å². The van der Waals surface area contributed by atoms with Crippen molar-refractivity contribution >= 4 is 17.5 Å². The normalized spacial score (nSPS) is 14.6. The maximum Gasteiger partial charge on any atom is 0.254 e. The highest BCUT2D eigenvalue weighted by Crippen LogP contribution is 2.32. The third-order valence-corrected chi connectivity index (χ3v) is 4.47. The fourth-order valence-corrected chi connectivity index (χ4v) is 3.09. The van der Waals surface area contributed by atoms with E-state index in [1.807, 2.05) is 18.2 Å². The predicted molar refractivity (Wildman–Crippen MR) is 92.0 cm³/mol. The molecule has 2 aromatic rings. The van der Waals surface area contributed by atoms with Gasteiger partial charge in [-0.25, -0.2) is 4.39 Å². The summed E-state index contributed by atoms with van der Waals surface area (Å²) >= 11 is 0. The van der Waals surface area contributed by atoms with Gasteiger partial charge in [-0.3, -0.25) is 9.59 Å². The van der Waals surface area contributed by atoms with E-state index in [4.69, 9.17) is 9.47 Å². The van der Waals surface area contributed by atoms with Gasteiger partial charge in [0, 0.05) is 18.7 Å². The lowest BCUT2D eigenvalue weighted by molar-refractivity contribution is -0.116. The number of fused-ring (bicyclic) bond motifs is 2. The standard InChI is InChI=1S/C19H17FN2O4/c20-14-9-15-12(2-4-18(23)22-15)8-13(14)19(24)21-6-5-11-1-3-16-17(7-11)26-10-25-16/h1,3,7-9H,2,4-6,10H2,(H,21,24)(H,22,23). The molecule has 0 radical (unpaired) electrons. The molecule has 0 spiro atoms. The molecule has 2 aromatic carbocycles. The van der Waals surface area contributed by atoms with Crippen molar-refractivity contribution in [1.82, 2.24) is 5.32 Å². The lowest BCUT2D eigenvalue weighted by Crippen LogP contribution is -2.27. The van der Waals surface area contributed by atoms with E-state index in [0.29, 0.717) is 43.0 Å². The van der Waals surface area contributed by atoms with E-state index >= 15 is 0 Å². The quantitative estimate of drug-likeness (QED) is 0.882. The molecule has 2 N–H and O–H groups in total. The molecule has 4 rings (SSSR count). The van der Waals surface area contributed by atoms with Gasteiger partial charge in [-0.05, 0) is 48.2 Å². The number of amides is 2. The Morgan fingerprint density at radius 1 is 1.15 bits per heavy atom. The third kappa shape index (κ3) is 3.20. The van der Waals surface area contributed by atoms with Crippen molar-refractivity contribution in [2.75, 3.05) is 18.7 Å². The van der Waals surface area contributed by atoms with Gasteiger partial charge in [0.25, 0.3) is 5.91 Å². The highest BCUT2D eigenvalue weighted by atomic mass is 19.1. The van der Waals surface area contributed by atoms with Crippen LogP contribution in [0.5, 0.6) is 11.5 Å². The zero-order chi connectivity index (χ0) is 18.1. The Balaban J connectivity index is 1.40. The molecule has 2 aliphatic rings. The van der Waals surface area contributed by atoms with Crippen LogP contribution in [0.1, 0.15) is 27.9 Å². The Labute approximate surface area is 149 Å². The molecule has 0 aromatic heterocycles. The Kier molecular flexibility index (Phi) is 4.20. The smallest absolute Gasteiger partial charge is 0.254 e. The second kappa shape index (κ2) is 6.67. The van der Waals surface area contributed by atoms with Gasteiger partial charge >= 0.3 is 0 Å². The molecular formula is C19H17FN2O4. The van der Waals surface area contributed by atoms with Crippen molar-refractivity contribution in [1.29, 1.82) is 0 Å². The lowest BCUT2D eigenvalue weighted by Gasteiger charge is -2.18. The lowest BCUT2D eigenvalue weighted by atomic mass is 9.99. The predicted octanol–water partition coefficient (Wildman–Crippen LogP) is 2.41. The van der Waals surface area contributed by atoms with Gasteiger partial charge in [0.1, 0.15) is 5.82 Å². The van der Waals surface area contributed by atoms with Crippen LogP contribution in [-0.2, 0) is 17.6 Å². The van der Waals surface area contributed by atoms with Crippen molar-refractivity contribution in [2.24, 2.45) is 0 Å². The molecule has 0 saturated carbocycles. The molecule has 26 heavy (non-hydrogen) atoms. The van der Waals surface area contributed by atoms with Crippen molar-refractivity contribution in [2.45, 2.75) is 19.3 Å². The van der Waals surface area contributed by atoms with Gasteiger partial charge in [-0.2, -0.15) is 0 Å². The summed E-state index contributed by atoms with van der Waals surface area (Å²) in [5.74, 6) is 0.143. The number of carbonyl (C=O) groups excluding carboxylic acids is 2. The van der Waals surface area contributed by atoms with E-state index in [0.717, 1.165) is 11.1 Å². The molecule has 2 aliphatic heterocycles. The van der Waals surface area contributed by atoms with Gasteiger partial charge in [0.15, 0.2) is 11.5 Å². The number of rotatable bonds is 4. The first-order chi connectivity index (χ1) is 12.6. The van der Waals surface area contributed by atoms with E-state index in [1.165, 1.54) is 12.1 Å². The number of aryl methyl sites for hydroxylation is 1. The molecule has 0 atom stereocenters. The zero-order valence-corrected chi connectivity index (χ0v) is 13.9. The van der Waals surface area contributed by atoms with Crippen molar-refractivity contribution in [3.8, 4) is 11.5 Å². The average molecular weight is 356 g/mol. The van der Waals surface area contributed by atoms with E-state index in [9.17, 15) is 14.0 Å². The summed E-state index contributed by atoms with van der Waals surface area (Å²) < 4.78 is 24.8. The maximum absolute atomic E-state index is 14.2. The Bertz CT molecular complexity index is 897. The van der Waals surface area contributed by atoms with Crippen LogP contribution in [0.15, 0.2) is 30.3 Å². The number of halogens is 1. The molecule has 0 aliphatic carbocycles. The summed E-state index contributed by atoms with van der Waals surface area (Å²) in [5, 5.41) is 5.35. The first kappa shape index (κ1) is 16.4. The second-order valence-corrected chi connectivity index (χ2v) is 6.23. The van der Waals surface area contributed by atoms with Crippen LogP contribution in [0, 0.1) is 5.82 Å². The fourth-order valence-electron chi connectivity index (χ4n) is 3.09. The molecule has 2 heterocycles. The highest BCUT2D eigenvalue weighted by molar-refractivity contribution is 5.98. The molecule has 0 saturated heterocycles. The number of hydrogen-bond acceptors (Lipinski definition) is 4. The minimum atomic E-state index is -0.647. The molecule has 2 amide bonds. The first-order valence-corrected chi connectivity index (χ1v) is 8.39. The number of ether oxygens (including phenoxy) is 2. The van der Waals surface area contributed by atoms with Crippen molar-refractivity contribution < 1.29 is 23.5 Å². The van der Waals surface area contributed by atoms with E-state index in [1.54, 1.807) is 0 Å². The van der Waals surface area contributed by atoms with Crippen molar-refractivity contribution in [3.63, 3.8) is 0 Å². The summed E-state index contributed by atoms with van der Waals surface area (Å²) in [6, 6.07) is 8.33. The van der Waals surface area contributed by atoms with Gasteiger partial charge in [-0.15, -0.1) is 0 Å². The Hall–Kier alpha value is -3.09. The minimum Gasteiger partial charge on any atom is -0.454 e. The number of benzene rings is 2. The Morgan fingerprint density at radius 3 is 2.88 bits per heavy atom. The largest absolute Gasteiger partial charge is 0.454 e. The number of hydrogen-bond donors (Lipinski definition) is 2. The highest BCUT2D eigenvalue weighted by Gasteiger charge is 2.20. The van der Waals surface area contributed by atoms with Crippen LogP contribution in [-0.4, -0.2) is 25.2 Å². The Morgan fingerprint density at radius 2 is 2.00 bits per heavy atom. The maximum atomic E-state index is 14.2. The molecule has 7 heteroatoms. The monoisotopic (exact) mass is 356 g/mol. The topological polar surface area (TPSA) is 76.7 Å². The molecule has 0 unspecified atom stereocenters. The van der Waals surface area contributed by atoms with Crippen LogP contribution < -0.4 is 20.1 Å². The fraction of sp³-hybridized carbons (Fsp3) is 0.263. The number of carbonyl (C=O) groups is 2. The summed E-state index contributed by atoms with van der Waals surface area (Å²) in [5.41, 5.74) is 2.19. The van der Waals surface area contributed by atoms with Crippen LogP contribution in [0.2, 0.25) is 0 Å². The minimum absolute atomic E-state index is 0.00872. The van der Waals surface area contributed by atoms with Crippen molar-refractivity contribution in [3.05, 3.63) is 52.8 Å². The summed E-state index contributed by atoms with van der Waals surface area (Å²) in [6.07, 6.45) is 1.42. The van der Waals surface area contributed by atoms with Gasteiger partial charge in [-0.1, -0.05) is 6.07 Å². The SMILES string of the molecule is O=C1CCc2cc(C(=O)NCCc3ccc4c(c3)OCO4)c(F)cc2N1. The van der Waals surface area contributed by atoms with Gasteiger partial charge < -0.3 is 20.1 Å². The summed E-state index contributed by atoms with van der Waals surface area (Å²) in [7, 11) is 0. The molecular weight excluding hydrogens is 339 g/mol. The molecule has 0 fully saturated rings. The molecule has 0 bridgehead atoms. The summed E-state index contributed by atoms with van der Waals surface area (Å²) in [6.45, 7) is 0.583. The van der Waals surface area contributed by atoms with Crippen LogP contribution in [0.25, 0.3) is 0 Å². The third-order valence-electron chi connectivity index (χ3n) is 4.47. The first-order valence-electron chi connectivity index (χ1n) is 8.39. The summed E-state index contributed by atoms with van der Waals surface area (Å²) in [4.78, 5) is 23.7. The van der Waals surface area contributed by atoms with Gasteiger partial charge in [0.05, 0.1) is 5.56 Å². The molecule has 134 valence electrons. The second-order valence-electron chi connectivity index (χ2n) is 6.23. The number of nitrogens with one attached hydrogen (secondary N) is 2. The van der Waals surface area contributed by atoms with E-state index in [-0.39, 0.29) is 18.3 Å². The molecule has 6 nitrogen and oxygen atoms in total. The average Bonchev–Trinajstić information content (AvgIpc) is 3.08. The van der Waals surface area contributed by atoms with Crippen LogP contribution in [0.4, 0.5) is 10.1 Å². The van der Waals surface area contributed by atoms with Crippen LogP contribution >= 0.6 is 0 Å². The number of anilines is 1. The van der Waals surface area contributed by atoms with E-state index in [2.05, 4.69) is 10.6 Å². The van der Waals surface area contributed by atoms with Gasteiger partial charge in [0.2, 0.25) is 12.7 Å². The zero-order valence-electron chi connectivity index (χ0n) is 13.9. The van der Waals surface area contributed by atoms with E-state index < -0.39 is 11.7 Å².